The van der Waals surface area contributed by atoms with Crippen molar-refractivity contribution in [2.24, 2.45) is 0 Å². The zero-order chi connectivity index (χ0) is 13.7. The van der Waals surface area contributed by atoms with Gasteiger partial charge in [-0.15, -0.1) is 0 Å². The lowest BCUT2D eigenvalue weighted by Crippen LogP contribution is -2.09. The third kappa shape index (κ3) is 3.41. The molecule has 0 aliphatic carbocycles. The second-order valence-corrected chi connectivity index (χ2v) is 4.43. The molecule has 0 saturated heterocycles. The van der Waals surface area contributed by atoms with Crippen molar-refractivity contribution in [3.8, 4) is 11.5 Å². The number of phenolic OH excluding ortho intramolecular Hbond substituents is 1. The molecule has 0 aliphatic heterocycles. The molecule has 1 unspecified atom stereocenters. The highest BCUT2D eigenvalue weighted by Gasteiger charge is 2.09. The van der Waals surface area contributed by atoms with Crippen LogP contribution >= 0.6 is 0 Å². The average molecular weight is 257 g/mol. The van der Waals surface area contributed by atoms with Gasteiger partial charge in [0.15, 0.2) is 0 Å². The van der Waals surface area contributed by atoms with Crippen molar-refractivity contribution in [3.05, 3.63) is 54.1 Å². The number of benzene rings is 2. The van der Waals surface area contributed by atoms with Crippen LogP contribution in [-0.2, 0) is 0 Å². The predicted molar refractivity (Wildman–Crippen MR) is 77.8 cm³/mol. The maximum atomic E-state index is 9.33. The van der Waals surface area contributed by atoms with E-state index in [0.717, 1.165) is 23.4 Å². The molecule has 0 saturated carbocycles. The molecule has 0 aromatic heterocycles. The Labute approximate surface area is 113 Å². The molecule has 100 valence electrons. The van der Waals surface area contributed by atoms with Crippen LogP contribution in [0.3, 0.4) is 0 Å². The molecule has 2 rings (SSSR count). The van der Waals surface area contributed by atoms with E-state index < -0.39 is 0 Å². The molecule has 0 heterocycles. The van der Waals surface area contributed by atoms with Crippen LogP contribution in [0.5, 0.6) is 11.5 Å². The zero-order valence-electron chi connectivity index (χ0n) is 11.3. The molecule has 3 heteroatoms. The van der Waals surface area contributed by atoms with Crippen LogP contribution in [-0.4, -0.2) is 12.2 Å². The average Bonchev–Trinajstić information content (AvgIpc) is 2.46. The van der Waals surface area contributed by atoms with Crippen LogP contribution in [0, 0.1) is 0 Å². The van der Waals surface area contributed by atoms with E-state index in [9.17, 15) is 5.11 Å². The van der Waals surface area contributed by atoms with Gasteiger partial charge in [0, 0.05) is 11.8 Å². The Balaban J connectivity index is 2.16. The first-order valence-corrected chi connectivity index (χ1v) is 6.42. The number of phenols is 1. The normalized spacial score (nSPS) is 11.9. The van der Waals surface area contributed by atoms with Crippen LogP contribution in [0.2, 0.25) is 0 Å². The molecule has 2 aromatic carbocycles. The third-order valence-electron chi connectivity index (χ3n) is 3.11. The van der Waals surface area contributed by atoms with Crippen molar-refractivity contribution in [3.63, 3.8) is 0 Å². The molecule has 0 radical (unpaired) electrons. The summed E-state index contributed by atoms with van der Waals surface area (Å²) in [7, 11) is 1.66. The van der Waals surface area contributed by atoms with Gasteiger partial charge in [-0.1, -0.05) is 25.1 Å². The Morgan fingerprint density at radius 3 is 2.53 bits per heavy atom. The molecule has 0 fully saturated rings. The fourth-order valence-electron chi connectivity index (χ4n) is 2.04. The Kier molecular flexibility index (Phi) is 4.29. The molecule has 0 amide bonds. The monoisotopic (exact) mass is 257 g/mol. The fourth-order valence-corrected chi connectivity index (χ4v) is 2.04. The Bertz CT molecular complexity index is 523. The number of methoxy groups -OCH3 is 1. The van der Waals surface area contributed by atoms with E-state index in [4.69, 9.17) is 4.74 Å². The van der Waals surface area contributed by atoms with E-state index in [1.165, 1.54) is 0 Å². The Hall–Kier alpha value is -2.16. The van der Waals surface area contributed by atoms with Gasteiger partial charge >= 0.3 is 0 Å². The molecule has 0 aliphatic rings. The molecule has 0 bridgehead atoms. The van der Waals surface area contributed by atoms with Gasteiger partial charge in [-0.05, 0) is 36.2 Å². The van der Waals surface area contributed by atoms with Crippen LogP contribution in [0.25, 0.3) is 0 Å². The van der Waals surface area contributed by atoms with E-state index in [1.807, 2.05) is 36.4 Å². The summed E-state index contributed by atoms with van der Waals surface area (Å²) >= 11 is 0. The maximum absolute atomic E-state index is 9.33. The molecule has 2 N–H and O–H groups in total. The second-order valence-electron chi connectivity index (χ2n) is 4.43. The smallest absolute Gasteiger partial charge is 0.120 e. The van der Waals surface area contributed by atoms with Gasteiger partial charge in [0.05, 0.1) is 13.2 Å². The number of hydrogen-bond donors (Lipinski definition) is 2. The quantitative estimate of drug-likeness (QED) is 0.851. The second kappa shape index (κ2) is 6.14. The van der Waals surface area contributed by atoms with Crippen molar-refractivity contribution in [2.45, 2.75) is 19.4 Å². The number of hydrogen-bond acceptors (Lipinski definition) is 3. The summed E-state index contributed by atoms with van der Waals surface area (Å²) < 4.78 is 5.22. The van der Waals surface area contributed by atoms with Gasteiger partial charge in [-0.2, -0.15) is 0 Å². The predicted octanol–water partition coefficient (Wildman–Crippen LogP) is 3.96. The molecular weight excluding hydrogens is 238 g/mol. The van der Waals surface area contributed by atoms with Crippen LogP contribution in [0.15, 0.2) is 48.5 Å². The van der Waals surface area contributed by atoms with Crippen LogP contribution in [0.1, 0.15) is 24.9 Å². The first kappa shape index (κ1) is 13.3. The van der Waals surface area contributed by atoms with E-state index in [1.54, 1.807) is 19.2 Å². The fraction of sp³-hybridized carbons (Fsp3) is 0.250. The molecule has 1 atom stereocenters. The summed E-state index contributed by atoms with van der Waals surface area (Å²) in [4.78, 5) is 0. The molecule has 2 aromatic rings. The number of nitrogens with one attached hydrogen (secondary N) is 1. The summed E-state index contributed by atoms with van der Waals surface area (Å²) in [6.07, 6.45) is 0.960. The van der Waals surface area contributed by atoms with Crippen LogP contribution < -0.4 is 10.1 Å². The topological polar surface area (TPSA) is 41.5 Å². The minimum absolute atomic E-state index is 0.215. The minimum Gasteiger partial charge on any atom is -0.508 e. The van der Waals surface area contributed by atoms with Gasteiger partial charge in [0.25, 0.3) is 0 Å². The highest BCUT2D eigenvalue weighted by molar-refractivity contribution is 5.50. The molecule has 19 heavy (non-hydrogen) atoms. The first-order chi connectivity index (χ1) is 9.22. The maximum Gasteiger partial charge on any atom is 0.120 e. The lowest BCUT2D eigenvalue weighted by Gasteiger charge is -2.19. The van der Waals surface area contributed by atoms with Crippen LogP contribution in [0.4, 0.5) is 5.69 Å². The Morgan fingerprint density at radius 1 is 1.16 bits per heavy atom. The third-order valence-corrected chi connectivity index (χ3v) is 3.11. The minimum atomic E-state index is 0.215. The standard InChI is InChI=1S/C16H19NO2/c1-3-16(12-7-9-14(18)10-8-12)17-13-5-4-6-15(11-13)19-2/h4-11,16-18H,3H2,1-2H3. The summed E-state index contributed by atoms with van der Waals surface area (Å²) in [5.41, 5.74) is 2.18. The van der Waals surface area contributed by atoms with Crippen molar-refractivity contribution in [2.75, 3.05) is 12.4 Å². The number of rotatable bonds is 5. The SMILES string of the molecule is CCC(Nc1cccc(OC)c1)c1ccc(O)cc1. The lowest BCUT2D eigenvalue weighted by atomic mass is 10.0. The summed E-state index contributed by atoms with van der Waals surface area (Å²) in [6, 6.07) is 15.4. The highest BCUT2D eigenvalue weighted by Crippen LogP contribution is 2.26. The number of aromatic hydroxyl groups is 1. The van der Waals surface area contributed by atoms with Crippen molar-refractivity contribution >= 4 is 5.69 Å². The van der Waals surface area contributed by atoms with Gasteiger partial charge in [-0.3, -0.25) is 0 Å². The number of anilines is 1. The summed E-state index contributed by atoms with van der Waals surface area (Å²) in [5, 5.41) is 12.8. The number of ether oxygens (including phenoxy) is 1. The molecular formula is C16H19NO2. The van der Waals surface area contributed by atoms with Gasteiger partial charge in [0.2, 0.25) is 0 Å². The van der Waals surface area contributed by atoms with Crippen molar-refractivity contribution in [1.29, 1.82) is 0 Å². The molecule has 0 spiro atoms. The van der Waals surface area contributed by atoms with E-state index >= 15 is 0 Å². The van der Waals surface area contributed by atoms with E-state index in [0.29, 0.717) is 5.75 Å². The Morgan fingerprint density at radius 2 is 1.89 bits per heavy atom. The lowest BCUT2D eigenvalue weighted by molar-refractivity contribution is 0.415. The van der Waals surface area contributed by atoms with E-state index in [2.05, 4.69) is 12.2 Å². The highest BCUT2D eigenvalue weighted by atomic mass is 16.5. The first-order valence-electron chi connectivity index (χ1n) is 6.42. The summed E-state index contributed by atoms with van der Waals surface area (Å²) in [6.45, 7) is 2.13. The largest absolute Gasteiger partial charge is 0.508 e. The molecule has 3 nitrogen and oxygen atoms in total. The van der Waals surface area contributed by atoms with E-state index in [-0.39, 0.29) is 6.04 Å². The van der Waals surface area contributed by atoms with Gasteiger partial charge in [-0.25, -0.2) is 0 Å². The zero-order valence-corrected chi connectivity index (χ0v) is 11.3. The van der Waals surface area contributed by atoms with Crippen molar-refractivity contribution < 1.29 is 9.84 Å². The summed E-state index contributed by atoms with van der Waals surface area (Å²) in [5.74, 6) is 1.13. The van der Waals surface area contributed by atoms with Gasteiger partial charge < -0.3 is 15.2 Å². The van der Waals surface area contributed by atoms with Crippen molar-refractivity contribution in [1.82, 2.24) is 0 Å². The van der Waals surface area contributed by atoms with Gasteiger partial charge in [0.1, 0.15) is 11.5 Å².